The predicted molar refractivity (Wildman–Crippen MR) is 82.9 cm³/mol. The van der Waals surface area contributed by atoms with Gasteiger partial charge < -0.3 is 15.7 Å². The Morgan fingerprint density at radius 2 is 1.92 bits per heavy atom. The van der Waals surface area contributed by atoms with Crippen LogP contribution < -0.4 is 10.6 Å². The molecule has 1 aromatic carbocycles. The first kappa shape index (κ1) is 18.1. The lowest BCUT2D eigenvalue weighted by Gasteiger charge is -2.13. The average Bonchev–Trinajstić information content (AvgIpc) is 2.47. The molecule has 0 radical (unpaired) electrons. The van der Waals surface area contributed by atoms with Crippen molar-refractivity contribution in [2.75, 3.05) is 17.2 Å². The maximum absolute atomic E-state index is 12.9. The third kappa shape index (κ3) is 4.87. The third-order valence-corrected chi connectivity index (χ3v) is 3.16. The van der Waals surface area contributed by atoms with Crippen molar-refractivity contribution in [2.24, 2.45) is 0 Å². The summed E-state index contributed by atoms with van der Waals surface area (Å²) < 4.78 is 38.7. The summed E-state index contributed by atoms with van der Waals surface area (Å²) >= 11 is 11.7. The lowest BCUT2D eigenvalue weighted by Crippen LogP contribution is -2.17. The molecule has 0 spiro atoms. The number of nitrogens with one attached hydrogen (secondary N) is 2. The van der Waals surface area contributed by atoms with Gasteiger partial charge in [0.15, 0.2) is 5.69 Å². The highest BCUT2D eigenvalue weighted by molar-refractivity contribution is 6.36. The first-order valence-electron chi connectivity index (χ1n) is 6.29. The quantitative estimate of drug-likeness (QED) is 0.725. The number of aliphatic carboxylic acids is 1. The van der Waals surface area contributed by atoms with E-state index in [9.17, 15) is 18.0 Å². The molecule has 3 N–H and O–H groups in total. The van der Waals surface area contributed by atoms with Crippen molar-refractivity contribution in [1.82, 2.24) is 9.97 Å². The van der Waals surface area contributed by atoms with Gasteiger partial charge in [-0.3, -0.25) is 4.79 Å². The summed E-state index contributed by atoms with van der Waals surface area (Å²) in [5, 5.41) is 13.9. The summed E-state index contributed by atoms with van der Waals surface area (Å²) in [5.41, 5.74) is -0.963. The lowest BCUT2D eigenvalue weighted by molar-refractivity contribution is -0.141. The van der Waals surface area contributed by atoms with Crippen LogP contribution in [0, 0.1) is 0 Å². The highest BCUT2D eigenvalue weighted by Gasteiger charge is 2.33. The molecule has 0 saturated heterocycles. The van der Waals surface area contributed by atoms with Gasteiger partial charge in [0.25, 0.3) is 0 Å². The van der Waals surface area contributed by atoms with E-state index < -0.39 is 30.3 Å². The molecule has 1 heterocycles. The monoisotopic (exact) mass is 380 g/mol. The summed E-state index contributed by atoms with van der Waals surface area (Å²) in [5.74, 6) is -1.97. The molecule has 2 aromatic rings. The standard InChI is InChI=1S/C13H9Cl2F3N4O2/c14-6-1-2-8(7(15)3-6)20-10-4-9(13(16,17)18)21-12(22-10)19-5-11(23)24/h1-4H,5H2,(H,23,24)(H2,19,20,21,22). The Kier molecular flexibility index (Phi) is 5.35. The Morgan fingerprint density at radius 3 is 2.50 bits per heavy atom. The van der Waals surface area contributed by atoms with Crippen molar-refractivity contribution < 1.29 is 23.1 Å². The van der Waals surface area contributed by atoms with Gasteiger partial charge >= 0.3 is 12.1 Å². The van der Waals surface area contributed by atoms with Gasteiger partial charge in [-0.15, -0.1) is 0 Å². The molecule has 0 saturated carbocycles. The fraction of sp³-hybridized carbons (Fsp3) is 0.154. The van der Waals surface area contributed by atoms with Crippen LogP contribution >= 0.6 is 23.2 Å². The van der Waals surface area contributed by atoms with E-state index in [1.54, 1.807) is 0 Å². The Morgan fingerprint density at radius 1 is 1.21 bits per heavy atom. The van der Waals surface area contributed by atoms with E-state index in [1.165, 1.54) is 18.2 Å². The number of halogens is 5. The molecule has 0 unspecified atom stereocenters. The van der Waals surface area contributed by atoms with E-state index in [0.29, 0.717) is 11.1 Å². The number of anilines is 3. The van der Waals surface area contributed by atoms with Crippen molar-refractivity contribution in [2.45, 2.75) is 6.18 Å². The largest absolute Gasteiger partial charge is 0.480 e. The van der Waals surface area contributed by atoms with E-state index >= 15 is 0 Å². The van der Waals surface area contributed by atoms with Crippen molar-refractivity contribution in [3.8, 4) is 0 Å². The van der Waals surface area contributed by atoms with E-state index in [4.69, 9.17) is 28.3 Å². The highest BCUT2D eigenvalue weighted by atomic mass is 35.5. The molecule has 0 fully saturated rings. The smallest absolute Gasteiger partial charge is 0.433 e. The second-order valence-corrected chi connectivity index (χ2v) is 5.30. The third-order valence-electron chi connectivity index (χ3n) is 2.61. The number of carboxylic acids is 1. The SMILES string of the molecule is O=C(O)CNc1nc(Nc2ccc(Cl)cc2Cl)cc(C(F)(F)F)n1. The molecule has 0 aliphatic heterocycles. The summed E-state index contributed by atoms with van der Waals surface area (Å²) in [6.07, 6.45) is -4.73. The van der Waals surface area contributed by atoms with Gasteiger partial charge in [-0.05, 0) is 18.2 Å². The molecule has 128 valence electrons. The molecule has 0 atom stereocenters. The Bertz CT molecular complexity index is 771. The Labute approximate surface area is 143 Å². The topological polar surface area (TPSA) is 87.1 Å². The zero-order valence-electron chi connectivity index (χ0n) is 11.7. The van der Waals surface area contributed by atoms with Gasteiger partial charge in [-0.1, -0.05) is 23.2 Å². The van der Waals surface area contributed by atoms with Crippen LogP contribution in [0.15, 0.2) is 24.3 Å². The fourth-order valence-electron chi connectivity index (χ4n) is 1.62. The van der Waals surface area contributed by atoms with Gasteiger partial charge in [0, 0.05) is 11.1 Å². The number of rotatable bonds is 5. The molecule has 11 heteroatoms. The summed E-state index contributed by atoms with van der Waals surface area (Å²) in [7, 11) is 0. The summed E-state index contributed by atoms with van der Waals surface area (Å²) in [6, 6.07) is 5.04. The number of alkyl halides is 3. The van der Waals surface area contributed by atoms with Gasteiger partial charge in [0.2, 0.25) is 5.95 Å². The minimum Gasteiger partial charge on any atom is -0.480 e. The van der Waals surface area contributed by atoms with Crippen LogP contribution in [-0.4, -0.2) is 27.6 Å². The summed E-state index contributed by atoms with van der Waals surface area (Å²) in [4.78, 5) is 17.6. The Hall–Kier alpha value is -2.26. The number of aromatic nitrogens is 2. The van der Waals surface area contributed by atoms with Crippen LogP contribution in [0.5, 0.6) is 0 Å². The predicted octanol–water partition coefficient (Wildman–Crippen LogP) is 4.04. The maximum atomic E-state index is 12.9. The molecule has 6 nitrogen and oxygen atoms in total. The van der Waals surface area contributed by atoms with Gasteiger partial charge in [0.1, 0.15) is 12.4 Å². The average molecular weight is 381 g/mol. The minimum absolute atomic E-state index is 0.176. The Balaban J connectivity index is 2.36. The van der Waals surface area contributed by atoms with E-state index in [-0.39, 0.29) is 16.5 Å². The van der Waals surface area contributed by atoms with Crippen LogP contribution in [0.4, 0.5) is 30.6 Å². The van der Waals surface area contributed by atoms with E-state index in [2.05, 4.69) is 20.6 Å². The molecular weight excluding hydrogens is 372 g/mol. The molecule has 24 heavy (non-hydrogen) atoms. The molecule has 0 bridgehead atoms. The number of carbonyl (C=O) groups is 1. The van der Waals surface area contributed by atoms with Crippen molar-refractivity contribution in [1.29, 1.82) is 0 Å². The summed E-state index contributed by atoms with van der Waals surface area (Å²) in [6.45, 7) is -0.636. The highest BCUT2D eigenvalue weighted by Crippen LogP contribution is 2.32. The molecular formula is C13H9Cl2F3N4O2. The van der Waals surface area contributed by atoms with Gasteiger partial charge in [-0.2, -0.15) is 18.2 Å². The van der Waals surface area contributed by atoms with Crippen molar-refractivity contribution in [3.05, 3.63) is 40.0 Å². The zero-order valence-corrected chi connectivity index (χ0v) is 13.2. The number of carboxylic acid groups (broad SMARTS) is 1. The normalized spacial score (nSPS) is 11.2. The lowest BCUT2D eigenvalue weighted by atomic mass is 10.3. The molecule has 0 aliphatic carbocycles. The van der Waals surface area contributed by atoms with Crippen LogP contribution in [-0.2, 0) is 11.0 Å². The second kappa shape index (κ2) is 7.10. The number of hydrogen-bond acceptors (Lipinski definition) is 5. The first-order valence-corrected chi connectivity index (χ1v) is 7.05. The number of benzene rings is 1. The second-order valence-electron chi connectivity index (χ2n) is 4.46. The van der Waals surface area contributed by atoms with Gasteiger partial charge in [-0.25, -0.2) is 4.98 Å². The van der Waals surface area contributed by atoms with Crippen LogP contribution in [0.2, 0.25) is 10.0 Å². The van der Waals surface area contributed by atoms with E-state index in [0.717, 1.165) is 0 Å². The van der Waals surface area contributed by atoms with Crippen LogP contribution in [0.25, 0.3) is 0 Å². The molecule has 2 rings (SSSR count). The number of hydrogen-bond donors (Lipinski definition) is 3. The van der Waals surface area contributed by atoms with Crippen LogP contribution in [0.1, 0.15) is 5.69 Å². The first-order chi connectivity index (χ1) is 11.1. The fourth-order valence-corrected chi connectivity index (χ4v) is 2.07. The molecule has 0 amide bonds. The maximum Gasteiger partial charge on any atom is 0.433 e. The van der Waals surface area contributed by atoms with Gasteiger partial charge in [0.05, 0.1) is 10.7 Å². The van der Waals surface area contributed by atoms with Crippen LogP contribution in [0.3, 0.4) is 0 Å². The zero-order chi connectivity index (χ0) is 17.9. The van der Waals surface area contributed by atoms with Crippen molar-refractivity contribution in [3.63, 3.8) is 0 Å². The van der Waals surface area contributed by atoms with E-state index in [1.807, 2.05) is 0 Å². The van der Waals surface area contributed by atoms with Crippen molar-refractivity contribution >= 4 is 46.6 Å². The number of nitrogens with zero attached hydrogens (tertiary/aromatic N) is 2. The molecule has 1 aromatic heterocycles. The minimum atomic E-state index is -4.73. The molecule has 0 aliphatic rings.